The quantitative estimate of drug-likeness (QED) is 0.651. The van der Waals surface area contributed by atoms with Gasteiger partial charge in [0, 0.05) is 51.2 Å². The number of fused-ring (bicyclic) bond motifs is 1. The smallest absolute Gasteiger partial charge is 0.255 e. The summed E-state index contributed by atoms with van der Waals surface area (Å²) in [7, 11) is 1.62. The van der Waals surface area contributed by atoms with Crippen molar-refractivity contribution in [2.45, 2.75) is 13.5 Å². The van der Waals surface area contributed by atoms with Crippen LogP contribution in [-0.2, 0) is 6.54 Å². The van der Waals surface area contributed by atoms with E-state index in [1.807, 2.05) is 25.1 Å². The molecule has 6 heteroatoms. The molecule has 0 bridgehead atoms. The highest BCUT2D eigenvalue weighted by molar-refractivity contribution is 6.07. The summed E-state index contributed by atoms with van der Waals surface area (Å²) >= 11 is 0. The molecule has 30 heavy (non-hydrogen) atoms. The third-order valence-electron chi connectivity index (χ3n) is 5.73. The van der Waals surface area contributed by atoms with Gasteiger partial charge in [-0.3, -0.25) is 14.6 Å². The van der Waals surface area contributed by atoms with Gasteiger partial charge in [0.2, 0.25) is 0 Å². The number of nitrogens with one attached hydrogen (secondary N) is 1. The summed E-state index contributed by atoms with van der Waals surface area (Å²) in [5.74, 6) is 1.25. The first-order valence-corrected chi connectivity index (χ1v) is 10.5. The first-order chi connectivity index (χ1) is 14.6. The number of hydrogen-bond donors (Lipinski definition) is 1. The summed E-state index contributed by atoms with van der Waals surface area (Å²) in [5, 5.41) is 3.85. The zero-order valence-corrected chi connectivity index (χ0v) is 17.7. The highest BCUT2D eigenvalue weighted by Crippen LogP contribution is 2.28. The molecule has 0 spiro atoms. The highest BCUT2D eigenvalue weighted by atomic mass is 16.5. The number of benzene rings is 2. The molecular formula is C24H29N3O3. The summed E-state index contributed by atoms with van der Waals surface area (Å²) in [6.45, 7) is 8.44. The van der Waals surface area contributed by atoms with Gasteiger partial charge in [-0.05, 0) is 30.7 Å². The Kier molecular flexibility index (Phi) is 6.35. The maximum Gasteiger partial charge on any atom is 0.255 e. The molecule has 1 amide bonds. The molecule has 1 N–H and O–H groups in total. The van der Waals surface area contributed by atoms with E-state index >= 15 is 0 Å². The first kappa shape index (κ1) is 20.4. The zero-order valence-electron chi connectivity index (χ0n) is 17.7. The van der Waals surface area contributed by atoms with Crippen LogP contribution in [-0.4, -0.2) is 62.1 Å². The Hall–Kier alpha value is -2.83. The third kappa shape index (κ3) is 4.66. The Morgan fingerprint density at radius 1 is 1.07 bits per heavy atom. The maximum atomic E-state index is 12.8. The number of furan rings is 1. The van der Waals surface area contributed by atoms with Crippen LogP contribution in [0.25, 0.3) is 11.0 Å². The summed E-state index contributed by atoms with van der Waals surface area (Å²) in [6.07, 6.45) is 0. The number of piperazine rings is 1. The first-order valence-electron chi connectivity index (χ1n) is 10.5. The number of aryl methyl sites for hydroxylation is 1. The van der Waals surface area contributed by atoms with E-state index in [9.17, 15) is 4.79 Å². The number of hydrogen-bond acceptors (Lipinski definition) is 5. The number of nitrogens with zero attached hydrogens (tertiary/aromatic N) is 2. The second-order valence-electron chi connectivity index (χ2n) is 7.75. The van der Waals surface area contributed by atoms with Crippen LogP contribution >= 0.6 is 0 Å². The van der Waals surface area contributed by atoms with Gasteiger partial charge in [-0.1, -0.05) is 30.3 Å². The van der Waals surface area contributed by atoms with Gasteiger partial charge in [-0.15, -0.1) is 0 Å². The molecule has 2 aromatic carbocycles. The average molecular weight is 408 g/mol. The highest BCUT2D eigenvalue weighted by Gasteiger charge is 2.20. The fourth-order valence-electron chi connectivity index (χ4n) is 4.04. The van der Waals surface area contributed by atoms with Crippen molar-refractivity contribution in [2.75, 3.05) is 46.4 Å². The SMILES string of the molecule is COc1ccc2oc(C)c(C(=O)NCCN3CCN(Cc4ccccc4)CC3)c2c1. The second kappa shape index (κ2) is 9.32. The van der Waals surface area contributed by atoms with Crippen molar-refractivity contribution < 1.29 is 13.9 Å². The van der Waals surface area contributed by atoms with Crippen LogP contribution in [0.15, 0.2) is 52.9 Å². The lowest BCUT2D eigenvalue weighted by Gasteiger charge is -2.34. The lowest BCUT2D eigenvalue weighted by Crippen LogP contribution is -2.48. The Bertz CT molecular complexity index is 992. The van der Waals surface area contributed by atoms with Gasteiger partial charge >= 0.3 is 0 Å². The van der Waals surface area contributed by atoms with E-state index in [4.69, 9.17) is 9.15 Å². The van der Waals surface area contributed by atoms with Crippen LogP contribution in [0.2, 0.25) is 0 Å². The maximum absolute atomic E-state index is 12.8. The molecule has 6 nitrogen and oxygen atoms in total. The predicted octanol–water partition coefficient (Wildman–Crippen LogP) is 3.30. The minimum atomic E-state index is -0.0952. The minimum Gasteiger partial charge on any atom is -0.497 e. The third-order valence-corrected chi connectivity index (χ3v) is 5.73. The van der Waals surface area contributed by atoms with Crippen molar-refractivity contribution in [2.24, 2.45) is 0 Å². The molecular weight excluding hydrogens is 378 g/mol. The van der Waals surface area contributed by atoms with Crippen molar-refractivity contribution >= 4 is 16.9 Å². The molecule has 1 aliphatic heterocycles. The lowest BCUT2D eigenvalue weighted by molar-refractivity contribution is 0.0934. The minimum absolute atomic E-state index is 0.0952. The molecule has 0 radical (unpaired) electrons. The average Bonchev–Trinajstić information content (AvgIpc) is 3.10. The Morgan fingerprint density at radius 3 is 2.53 bits per heavy atom. The number of carbonyl (C=O) groups excluding carboxylic acids is 1. The monoisotopic (exact) mass is 407 g/mol. The molecule has 0 unspecified atom stereocenters. The molecule has 3 aromatic rings. The molecule has 1 fully saturated rings. The molecule has 2 heterocycles. The molecule has 4 rings (SSSR count). The van der Waals surface area contributed by atoms with Crippen LogP contribution in [0.1, 0.15) is 21.7 Å². The number of amides is 1. The fourth-order valence-corrected chi connectivity index (χ4v) is 4.04. The van der Waals surface area contributed by atoms with E-state index in [1.165, 1.54) is 5.56 Å². The van der Waals surface area contributed by atoms with Gasteiger partial charge in [-0.25, -0.2) is 0 Å². The predicted molar refractivity (Wildman–Crippen MR) is 118 cm³/mol. The van der Waals surface area contributed by atoms with Gasteiger partial charge in [0.05, 0.1) is 12.7 Å². The van der Waals surface area contributed by atoms with E-state index in [-0.39, 0.29) is 5.91 Å². The molecule has 1 saturated heterocycles. The van der Waals surface area contributed by atoms with E-state index in [1.54, 1.807) is 7.11 Å². The van der Waals surface area contributed by atoms with E-state index in [2.05, 4.69) is 45.4 Å². The van der Waals surface area contributed by atoms with Crippen LogP contribution in [0.4, 0.5) is 0 Å². The largest absolute Gasteiger partial charge is 0.497 e. The molecule has 1 aromatic heterocycles. The molecule has 0 aliphatic carbocycles. The van der Waals surface area contributed by atoms with Crippen LogP contribution in [0.3, 0.4) is 0 Å². The van der Waals surface area contributed by atoms with Crippen LogP contribution < -0.4 is 10.1 Å². The number of methoxy groups -OCH3 is 1. The van der Waals surface area contributed by atoms with Crippen LogP contribution in [0, 0.1) is 6.92 Å². The molecule has 1 aliphatic rings. The summed E-state index contributed by atoms with van der Waals surface area (Å²) < 4.78 is 11.0. The normalized spacial score (nSPS) is 15.4. The molecule has 158 valence electrons. The van der Waals surface area contributed by atoms with Crippen molar-refractivity contribution in [1.82, 2.24) is 15.1 Å². The van der Waals surface area contributed by atoms with Crippen LogP contribution in [0.5, 0.6) is 5.75 Å². The fraction of sp³-hybridized carbons (Fsp3) is 0.375. The van der Waals surface area contributed by atoms with Crippen molar-refractivity contribution in [3.63, 3.8) is 0 Å². The molecule has 0 atom stereocenters. The summed E-state index contributed by atoms with van der Waals surface area (Å²) in [5.41, 5.74) is 2.65. The van der Waals surface area contributed by atoms with Gasteiger partial charge < -0.3 is 14.5 Å². The molecule has 0 saturated carbocycles. The van der Waals surface area contributed by atoms with Crippen molar-refractivity contribution in [3.8, 4) is 5.75 Å². The van der Waals surface area contributed by atoms with E-state index < -0.39 is 0 Å². The van der Waals surface area contributed by atoms with E-state index in [0.717, 1.165) is 44.7 Å². The Balaban J connectivity index is 1.27. The number of ether oxygens (including phenoxy) is 1. The Labute approximate surface area is 177 Å². The summed E-state index contributed by atoms with van der Waals surface area (Å²) in [4.78, 5) is 17.7. The lowest BCUT2D eigenvalue weighted by atomic mass is 10.1. The van der Waals surface area contributed by atoms with Crippen molar-refractivity contribution in [1.29, 1.82) is 0 Å². The topological polar surface area (TPSA) is 58.0 Å². The Morgan fingerprint density at radius 2 is 1.80 bits per heavy atom. The van der Waals surface area contributed by atoms with E-state index in [0.29, 0.717) is 29.2 Å². The second-order valence-corrected chi connectivity index (χ2v) is 7.75. The van der Waals surface area contributed by atoms with Crippen molar-refractivity contribution in [3.05, 3.63) is 65.4 Å². The number of rotatable bonds is 7. The number of carbonyl (C=O) groups is 1. The van der Waals surface area contributed by atoms with Gasteiger partial charge in [0.15, 0.2) is 0 Å². The zero-order chi connectivity index (χ0) is 20.9. The van der Waals surface area contributed by atoms with Gasteiger partial charge in [0.25, 0.3) is 5.91 Å². The summed E-state index contributed by atoms with van der Waals surface area (Å²) in [6, 6.07) is 16.1. The van der Waals surface area contributed by atoms with Gasteiger partial charge in [-0.2, -0.15) is 0 Å². The standard InChI is InChI=1S/C24H29N3O3/c1-18-23(21-16-20(29-2)8-9-22(21)30-18)24(28)25-10-11-26-12-14-27(15-13-26)17-19-6-4-3-5-7-19/h3-9,16H,10-15,17H2,1-2H3,(H,25,28). The van der Waals surface area contributed by atoms with Gasteiger partial charge in [0.1, 0.15) is 17.1 Å².